The van der Waals surface area contributed by atoms with Crippen molar-refractivity contribution in [3.8, 4) is 5.75 Å². The average molecular weight is 462 g/mol. The molecule has 1 aliphatic heterocycles. The van der Waals surface area contributed by atoms with Crippen molar-refractivity contribution in [2.24, 2.45) is 0 Å². The van der Waals surface area contributed by atoms with Crippen molar-refractivity contribution in [2.75, 3.05) is 7.11 Å². The van der Waals surface area contributed by atoms with Crippen molar-refractivity contribution in [1.29, 1.82) is 0 Å². The number of benzene rings is 2. The monoisotopic (exact) mass is 461 g/mol. The van der Waals surface area contributed by atoms with Gasteiger partial charge in [-0.05, 0) is 62.1 Å². The molecule has 0 radical (unpaired) electrons. The van der Waals surface area contributed by atoms with Gasteiger partial charge in [0.05, 0.1) is 18.0 Å². The van der Waals surface area contributed by atoms with E-state index in [0.717, 1.165) is 16.9 Å². The van der Waals surface area contributed by atoms with Crippen molar-refractivity contribution in [1.82, 2.24) is 14.9 Å². The van der Waals surface area contributed by atoms with Crippen LogP contribution < -0.4 is 15.6 Å². The number of hydrogen-bond acceptors (Lipinski definition) is 6. The molecular formula is C26H27N3O5. The number of carbonyl (C=O) groups is 3. The third-order valence-corrected chi connectivity index (χ3v) is 6.43. The Morgan fingerprint density at radius 3 is 2.50 bits per heavy atom. The molecule has 1 aromatic heterocycles. The van der Waals surface area contributed by atoms with Gasteiger partial charge < -0.3 is 4.74 Å². The first kappa shape index (κ1) is 23.4. The standard InChI is InChI=1S/C26H27N3O5/c1-16-27-22-11-7-18(4-8-19(30)14-17-5-9-20(34-3)10-6-17)15-21(22)24(32)29(16)26(2)13-12-23(31)28-25(26)33/h5-7,9-11,15H,4,8,12-14H2,1-3H3,(H,28,31,33)/t26-/m0/s1. The molecule has 2 heterocycles. The molecule has 2 amide bonds. The zero-order valence-corrected chi connectivity index (χ0v) is 19.5. The van der Waals surface area contributed by atoms with Gasteiger partial charge in [-0.1, -0.05) is 18.2 Å². The summed E-state index contributed by atoms with van der Waals surface area (Å²) >= 11 is 0. The van der Waals surface area contributed by atoms with E-state index in [4.69, 9.17) is 4.74 Å². The molecule has 176 valence electrons. The second kappa shape index (κ2) is 9.21. The molecule has 8 heteroatoms. The van der Waals surface area contributed by atoms with E-state index in [9.17, 15) is 19.2 Å². The van der Waals surface area contributed by atoms with E-state index < -0.39 is 11.4 Å². The maximum atomic E-state index is 13.4. The van der Waals surface area contributed by atoms with Crippen LogP contribution in [0.15, 0.2) is 47.3 Å². The lowest BCUT2D eigenvalue weighted by molar-refractivity contribution is -0.140. The lowest BCUT2D eigenvalue weighted by Gasteiger charge is -2.34. The fourth-order valence-corrected chi connectivity index (χ4v) is 4.43. The molecule has 34 heavy (non-hydrogen) atoms. The normalized spacial score (nSPS) is 18.1. The third kappa shape index (κ3) is 4.48. The van der Waals surface area contributed by atoms with E-state index in [1.165, 1.54) is 4.57 Å². The summed E-state index contributed by atoms with van der Waals surface area (Å²) in [5.41, 5.74) is 0.771. The number of ether oxygens (including phenoxy) is 1. The molecule has 0 spiro atoms. The zero-order chi connectivity index (χ0) is 24.5. The number of aromatic nitrogens is 2. The number of amides is 2. The largest absolute Gasteiger partial charge is 0.497 e. The van der Waals surface area contributed by atoms with Gasteiger partial charge in [0.15, 0.2) is 0 Å². The Bertz CT molecular complexity index is 1340. The molecule has 1 N–H and O–H groups in total. The number of hydrogen-bond donors (Lipinski definition) is 1. The van der Waals surface area contributed by atoms with Crippen LogP contribution in [-0.4, -0.2) is 34.3 Å². The van der Waals surface area contributed by atoms with Gasteiger partial charge in [0.25, 0.3) is 11.5 Å². The SMILES string of the molecule is COc1ccc(CC(=O)CCc2ccc3nc(C)n([C@@]4(C)CCC(=O)NC4=O)c(=O)c3c2)cc1. The highest BCUT2D eigenvalue weighted by Gasteiger charge is 2.42. The molecule has 1 aliphatic rings. The number of ketones is 1. The van der Waals surface area contributed by atoms with E-state index in [1.54, 1.807) is 33.1 Å². The van der Waals surface area contributed by atoms with Crippen molar-refractivity contribution in [3.63, 3.8) is 0 Å². The minimum atomic E-state index is -1.19. The van der Waals surface area contributed by atoms with Crippen molar-refractivity contribution >= 4 is 28.5 Å². The molecule has 1 saturated heterocycles. The number of Topliss-reactive ketones (excluding diaryl/α,β-unsaturated/α-hetero) is 1. The Kier molecular flexibility index (Phi) is 6.32. The Labute approximate surface area is 197 Å². The van der Waals surface area contributed by atoms with Crippen LogP contribution in [0.25, 0.3) is 10.9 Å². The van der Waals surface area contributed by atoms with Gasteiger partial charge in [-0.2, -0.15) is 0 Å². The second-order valence-corrected chi connectivity index (χ2v) is 8.87. The fourth-order valence-electron chi connectivity index (χ4n) is 4.43. The van der Waals surface area contributed by atoms with Crippen LogP contribution in [0.1, 0.15) is 43.1 Å². The first-order valence-electron chi connectivity index (χ1n) is 11.2. The fraction of sp³-hybridized carbons (Fsp3) is 0.346. The molecule has 2 aromatic carbocycles. The minimum Gasteiger partial charge on any atom is -0.497 e. The van der Waals surface area contributed by atoms with Crippen LogP contribution in [0.2, 0.25) is 0 Å². The summed E-state index contributed by atoms with van der Waals surface area (Å²) in [4.78, 5) is 54.7. The van der Waals surface area contributed by atoms with Gasteiger partial charge in [-0.3, -0.25) is 29.1 Å². The van der Waals surface area contributed by atoms with Crippen LogP contribution in [0.4, 0.5) is 0 Å². The molecule has 1 fully saturated rings. The van der Waals surface area contributed by atoms with Gasteiger partial charge >= 0.3 is 0 Å². The van der Waals surface area contributed by atoms with E-state index in [-0.39, 0.29) is 30.1 Å². The van der Waals surface area contributed by atoms with E-state index in [1.807, 2.05) is 30.3 Å². The topological polar surface area (TPSA) is 107 Å². The molecule has 8 nitrogen and oxygen atoms in total. The van der Waals surface area contributed by atoms with Gasteiger partial charge in [-0.25, -0.2) is 4.98 Å². The van der Waals surface area contributed by atoms with E-state index >= 15 is 0 Å². The van der Waals surface area contributed by atoms with Gasteiger partial charge in [-0.15, -0.1) is 0 Å². The predicted molar refractivity (Wildman–Crippen MR) is 127 cm³/mol. The number of carbonyl (C=O) groups excluding carboxylic acids is 3. The summed E-state index contributed by atoms with van der Waals surface area (Å²) in [6.07, 6.45) is 1.54. The van der Waals surface area contributed by atoms with Crippen LogP contribution in [0.5, 0.6) is 5.75 Å². The maximum absolute atomic E-state index is 13.4. The first-order chi connectivity index (χ1) is 16.2. The van der Waals surface area contributed by atoms with Gasteiger partial charge in [0, 0.05) is 19.3 Å². The Morgan fingerprint density at radius 2 is 1.82 bits per heavy atom. The summed E-state index contributed by atoms with van der Waals surface area (Å²) in [7, 11) is 1.60. The Balaban J connectivity index is 1.56. The molecule has 0 aliphatic carbocycles. The number of imide groups is 1. The second-order valence-electron chi connectivity index (χ2n) is 8.87. The number of nitrogens with zero attached hydrogens (tertiary/aromatic N) is 2. The predicted octanol–water partition coefficient (Wildman–Crippen LogP) is 2.61. The van der Waals surface area contributed by atoms with Crippen molar-refractivity contribution in [3.05, 3.63) is 69.8 Å². The third-order valence-electron chi connectivity index (χ3n) is 6.43. The number of aryl methyl sites for hydroxylation is 2. The number of piperidine rings is 1. The summed E-state index contributed by atoms with van der Waals surface area (Å²) in [6.45, 7) is 3.33. The maximum Gasteiger partial charge on any atom is 0.262 e. The molecule has 1 atom stereocenters. The van der Waals surface area contributed by atoms with Crippen molar-refractivity contribution < 1.29 is 19.1 Å². The molecule has 4 rings (SSSR count). The van der Waals surface area contributed by atoms with E-state index in [2.05, 4.69) is 10.3 Å². The smallest absolute Gasteiger partial charge is 0.262 e. The van der Waals surface area contributed by atoms with Gasteiger partial charge in [0.1, 0.15) is 22.9 Å². The summed E-state index contributed by atoms with van der Waals surface area (Å²) < 4.78 is 6.53. The highest BCUT2D eigenvalue weighted by molar-refractivity contribution is 6.01. The van der Waals surface area contributed by atoms with Crippen LogP contribution >= 0.6 is 0 Å². The van der Waals surface area contributed by atoms with Crippen molar-refractivity contribution in [2.45, 2.75) is 51.5 Å². The number of methoxy groups -OCH3 is 1. The summed E-state index contributed by atoms with van der Waals surface area (Å²) in [6, 6.07) is 12.8. The van der Waals surface area contributed by atoms with E-state index in [0.29, 0.717) is 36.0 Å². The van der Waals surface area contributed by atoms with Crippen LogP contribution in [-0.2, 0) is 32.8 Å². The lowest BCUT2D eigenvalue weighted by atomic mass is 9.90. The van der Waals surface area contributed by atoms with Crippen LogP contribution in [0, 0.1) is 6.92 Å². The lowest BCUT2D eigenvalue weighted by Crippen LogP contribution is -2.56. The number of rotatable bonds is 7. The first-order valence-corrected chi connectivity index (χ1v) is 11.2. The Morgan fingerprint density at radius 1 is 1.12 bits per heavy atom. The molecule has 3 aromatic rings. The van der Waals surface area contributed by atoms with Gasteiger partial charge in [0.2, 0.25) is 5.91 Å². The highest BCUT2D eigenvalue weighted by Crippen LogP contribution is 2.27. The Hall–Kier alpha value is -3.81. The van der Waals surface area contributed by atoms with Crippen LogP contribution in [0.3, 0.4) is 0 Å². The molecule has 0 saturated carbocycles. The summed E-state index contributed by atoms with van der Waals surface area (Å²) in [5, 5.41) is 2.72. The highest BCUT2D eigenvalue weighted by atomic mass is 16.5. The quantitative estimate of drug-likeness (QED) is 0.542. The number of nitrogens with one attached hydrogen (secondary N) is 1. The zero-order valence-electron chi connectivity index (χ0n) is 19.5. The minimum absolute atomic E-state index is 0.0979. The summed E-state index contributed by atoms with van der Waals surface area (Å²) in [5.74, 6) is 0.402. The molecular weight excluding hydrogens is 434 g/mol. The number of fused-ring (bicyclic) bond motifs is 1. The average Bonchev–Trinajstić information content (AvgIpc) is 2.81. The molecule has 0 unspecified atom stereocenters. The molecule has 0 bridgehead atoms.